The first kappa shape index (κ1) is 16.1. The predicted molar refractivity (Wildman–Crippen MR) is 90.6 cm³/mol. The molecular weight excluding hydrogens is 258 g/mol. The quantitative estimate of drug-likeness (QED) is 0.641. The van der Waals surface area contributed by atoms with Crippen LogP contribution in [0.2, 0.25) is 0 Å². The molecule has 2 heteroatoms. The van der Waals surface area contributed by atoms with E-state index in [0.717, 1.165) is 23.8 Å². The Morgan fingerprint density at radius 3 is 2.62 bits per heavy atom. The zero-order valence-corrected chi connectivity index (χ0v) is 13.7. The largest absolute Gasteiger partial charge is 0.459 e. The molecule has 2 unspecified atom stereocenters. The predicted octanol–water partition coefficient (Wildman–Crippen LogP) is 5.69. The Kier molecular flexibility index (Phi) is 6.31. The van der Waals surface area contributed by atoms with Gasteiger partial charge in [0, 0.05) is 5.39 Å². The third-order valence-corrected chi connectivity index (χ3v) is 4.35. The van der Waals surface area contributed by atoms with Crippen molar-refractivity contribution < 1.29 is 4.42 Å². The molecule has 1 aromatic carbocycles. The van der Waals surface area contributed by atoms with E-state index < -0.39 is 0 Å². The van der Waals surface area contributed by atoms with Gasteiger partial charge in [0.05, 0.1) is 6.04 Å². The second-order valence-electron chi connectivity index (χ2n) is 5.95. The summed E-state index contributed by atoms with van der Waals surface area (Å²) in [4.78, 5) is 0. The van der Waals surface area contributed by atoms with Crippen molar-refractivity contribution in [2.45, 2.75) is 58.9 Å². The Balaban J connectivity index is 2.13. The normalized spacial score (nSPS) is 14.4. The average Bonchev–Trinajstić information content (AvgIpc) is 2.94. The SMILES string of the molecule is CCCCC(CC)CC(NCC)c1cc2ccccc2o1. The van der Waals surface area contributed by atoms with Crippen LogP contribution in [0.1, 0.15) is 64.7 Å². The molecule has 2 nitrogen and oxygen atoms in total. The summed E-state index contributed by atoms with van der Waals surface area (Å²) in [5, 5.41) is 4.81. The lowest BCUT2D eigenvalue weighted by Gasteiger charge is -2.22. The minimum absolute atomic E-state index is 0.337. The van der Waals surface area contributed by atoms with Crippen LogP contribution in [-0.4, -0.2) is 6.54 Å². The van der Waals surface area contributed by atoms with E-state index in [2.05, 4.69) is 50.4 Å². The van der Waals surface area contributed by atoms with Crippen LogP contribution in [-0.2, 0) is 0 Å². The highest BCUT2D eigenvalue weighted by atomic mass is 16.3. The second-order valence-corrected chi connectivity index (χ2v) is 5.95. The number of para-hydroxylation sites is 1. The van der Waals surface area contributed by atoms with Crippen molar-refractivity contribution in [3.05, 3.63) is 36.1 Å². The summed E-state index contributed by atoms with van der Waals surface area (Å²) in [5.74, 6) is 1.87. The minimum Gasteiger partial charge on any atom is -0.459 e. The van der Waals surface area contributed by atoms with Crippen molar-refractivity contribution in [1.29, 1.82) is 0 Å². The van der Waals surface area contributed by atoms with Gasteiger partial charge in [-0.15, -0.1) is 0 Å². The van der Waals surface area contributed by atoms with Crippen LogP contribution < -0.4 is 5.32 Å². The molecule has 2 rings (SSSR count). The standard InChI is InChI=1S/C19H29NO/c1-4-7-10-15(5-2)13-17(20-6-3)19-14-16-11-8-9-12-18(16)21-19/h8-9,11-12,14-15,17,20H,4-7,10,13H2,1-3H3. The maximum Gasteiger partial charge on any atom is 0.134 e. The molecule has 2 atom stereocenters. The molecule has 0 spiro atoms. The lowest BCUT2D eigenvalue weighted by atomic mass is 9.91. The molecule has 1 heterocycles. The van der Waals surface area contributed by atoms with Crippen LogP contribution in [0.5, 0.6) is 0 Å². The monoisotopic (exact) mass is 287 g/mol. The Labute approximate surface area is 128 Å². The van der Waals surface area contributed by atoms with Gasteiger partial charge in [-0.2, -0.15) is 0 Å². The van der Waals surface area contributed by atoms with Crippen LogP contribution in [0.15, 0.2) is 34.7 Å². The van der Waals surface area contributed by atoms with Crippen LogP contribution in [0.3, 0.4) is 0 Å². The molecule has 0 aliphatic rings. The van der Waals surface area contributed by atoms with E-state index >= 15 is 0 Å². The first-order chi connectivity index (χ1) is 10.3. The van der Waals surface area contributed by atoms with E-state index in [9.17, 15) is 0 Å². The summed E-state index contributed by atoms with van der Waals surface area (Å²) in [6, 6.07) is 10.8. The number of furan rings is 1. The van der Waals surface area contributed by atoms with Crippen molar-refractivity contribution >= 4 is 11.0 Å². The molecule has 0 fully saturated rings. The molecular formula is C19H29NO. The zero-order valence-electron chi connectivity index (χ0n) is 13.7. The van der Waals surface area contributed by atoms with E-state index in [1.807, 2.05) is 6.07 Å². The molecule has 0 bridgehead atoms. The van der Waals surface area contributed by atoms with Gasteiger partial charge in [-0.05, 0) is 31.0 Å². The highest BCUT2D eigenvalue weighted by Crippen LogP contribution is 2.30. The van der Waals surface area contributed by atoms with Gasteiger partial charge in [0.25, 0.3) is 0 Å². The summed E-state index contributed by atoms with van der Waals surface area (Å²) in [7, 11) is 0. The molecule has 21 heavy (non-hydrogen) atoms. The van der Waals surface area contributed by atoms with Crippen molar-refractivity contribution in [3.63, 3.8) is 0 Å². The fourth-order valence-corrected chi connectivity index (χ4v) is 3.04. The van der Waals surface area contributed by atoms with Crippen LogP contribution in [0.25, 0.3) is 11.0 Å². The molecule has 1 aromatic heterocycles. The van der Waals surface area contributed by atoms with Crippen molar-refractivity contribution in [3.8, 4) is 0 Å². The maximum absolute atomic E-state index is 6.07. The highest BCUT2D eigenvalue weighted by Gasteiger charge is 2.19. The lowest BCUT2D eigenvalue weighted by molar-refractivity contribution is 0.326. The summed E-state index contributed by atoms with van der Waals surface area (Å²) < 4.78 is 6.07. The fourth-order valence-electron chi connectivity index (χ4n) is 3.04. The lowest BCUT2D eigenvalue weighted by Crippen LogP contribution is -2.23. The Hall–Kier alpha value is -1.28. The molecule has 0 radical (unpaired) electrons. The highest BCUT2D eigenvalue weighted by molar-refractivity contribution is 5.77. The van der Waals surface area contributed by atoms with Gasteiger partial charge in [-0.1, -0.05) is 64.7 Å². The second kappa shape index (κ2) is 8.23. The Morgan fingerprint density at radius 1 is 1.14 bits per heavy atom. The molecule has 0 aliphatic heterocycles. The third kappa shape index (κ3) is 4.34. The van der Waals surface area contributed by atoms with E-state index in [-0.39, 0.29) is 0 Å². The van der Waals surface area contributed by atoms with Gasteiger partial charge in [-0.3, -0.25) is 0 Å². The van der Waals surface area contributed by atoms with E-state index in [1.165, 1.54) is 37.5 Å². The molecule has 0 saturated carbocycles. The van der Waals surface area contributed by atoms with Gasteiger partial charge >= 0.3 is 0 Å². The third-order valence-electron chi connectivity index (χ3n) is 4.35. The summed E-state index contributed by atoms with van der Waals surface area (Å²) in [6.45, 7) is 7.73. The zero-order chi connectivity index (χ0) is 15.1. The average molecular weight is 287 g/mol. The van der Waals surface area contributed by atoms with Crippen molar-refractivity contribution in [2.24, 2.45) is 5.92 Å². The van der Waals surface area contributed by atoms with Crippen LogP contribution >= 0.6 is 0 Å². The number of unbranched alkanes of at least 4 members (excludes halogenated alkanes) is 1. The number of benzene rings is 1. The van der Waals surface area contributed by atoms with E-state index in [0.29, 0.717) is 6.04 Å². The Morgan fingerprint density at radius 2 is 1.95 bits per heavy atom. The summed E-state index contributed by atoms with van der Waals surface area (Å²) in [5.41, 5.74) is 0.997. The topological polar surface area (TPSA) is 25.2 Å². The van der Waals surface area contributed by atoms with Gasteiger partial charge in [0.15, 0.2) is 0 Å². The number of hydrogen-bond donors (Lipinski definition) is 1. The van der Waals surface area contributed by atoms with Crippen LogP contribution in [0.4, 0.5) is 0 Å². The smallest absolute Gasteiger partial charge is 0.134 e. The first-order valence-corrected chi connectivity index (χ1v) is 8.50. The number of rotatable bonds is 9. The molecule has 1 N–H and O–H groups in total. The Bertz CT molecular complexity index is 498. The van der Waals surface area contributed by atoms with Crippen LogP contribution in [0, 0.1) is 5.92 Å². The maximum atomic E-state index is 6.07. The van der Waals surface area contributed by atoms with E-state index in [4.69, 9.17) is 4.42 Å². The molecule has 0 saturated heterocycles. The fraction of sp³-hybridized carbons (Fsp3) is 0.579. The number of hydrogen-bond acceptors (Lipinski definition) is 2. The minimum atomic E-state index is 0.337. The summed E-state index contributed by atoms with van der Waals surface area (Å²) in [6.07, 6.45) is 6.37. The molecule has 0 aliphatic carbocycles. The van der Waals surface area contributed by atoms with Gasteiger partial charge in [0.2, 0.25) is 0 Å². The van der Waals surface area contributed by atoms with E-state index in [1.54, 1.807) is 0 Å². The van der Waals surface area contributed by atoms with Crippen molar-refractivity contribution in [2.75, 3.05) is 6.54 Å². The van der Waals surface area contributed by atoms with Gasteiger partial charge in [0.1, 0.15) is 11.3 Å². The number of nitrogens with one attached hydrogen (secondary N) is 1. The number of fused-ring (bicyclic) bond motifs is 1. The molecule has 0 amide bonds. The van der Waals surface area contributed by atoms with Gasteiger partial charge in [-0.25, -0.2) is 0 Å². The van der Waals surface area contributed by atoms with Crippen molar-refractivity contribution in [1.82, 2.24) is 5.32 Å². The molecule has 116 valence electrons. The first-order valence-electron chi connectivity index (χ1n) is 8.50. The molecule has 2 aromatic rings. The van der Waals surface area contributed by atoms with Gasteiger partial charge < -0.3 is 9.73 Å². The summed E-state index contributed by atoms with van der Waals surface area (Å²) >= 11 is 0.